The Bertz CT molecular complexity index is 1330. The van der Waals surface area contributed by atoms with Gasteiger partial charge in [0.05, 0.1) is 17.2 Å². The van der Waals surface area contributed by atoms with Crippen LogP contribution in [-0.2, 0) is 16.1 Å². The van der Waals surface area contributed by atoms with Crippen LogP contribution in [0.2, 0.25) is 5.02 Å². The van der Waals surface area contributed by atoms with Crippen molar-refractivity contribution in [2.75, 3.05) is 19.7 Å². The molecule has 5 rings (SSSR count). The maximum absolute atomic E-state index is 13.7. The summed E-state index contributed by atoms with van der Waals surface area (Å²) in [6.07, 6.45) is 0.636. The van der Waals surface area contributed by atoms with Crippen molar-refractivity contribution >= 4 is 29.3 Å². The second-order valence-corrected chi connectivity index (χ2v) is 9.84. The summed E-state index contributed by atoms with van der Waals surface area (Å²) in [5.41, 5.74) is 0.524. The first-order valence-electron chi connectivity index (χ1n) is 12.5. The van der Waals surface area contributed by atoms with E-state index in [1.807, 2.05) is 30.3 Å². The topological polar surface area (TPSA) is 79.0 Å². The molecule has 9 heteroatoms. The van der Waals surface area contributed by atoms with Gasteiger partial charge in [-0.1, -0.05) is 54.1 Å². The Kier molecular flexibility index (Phi) is 7.44. The summed E-state index contributed by atoms with van der Waals surface area (Å²) in [6, 6.07) is 20.7. The van der Waals surface area contributed by atoms with Gasteiger partial charge in [-0.05, 0) is 42.0 Å². The van der Waals surface area contributed by atoms with Crippen molar-refractivity contribution in [3.8, 4) is 0 Å². The predicted molar refractivity (Wildman–Crippen MR) is 140 cm³/mol. The molecule has 1 unspecified atom stereocenters. The molecule has 196 valence electrons. The number of carbonyl (C=O) groups is 3. The van der Waals surface area contributed by atoms with Crippen molar-refractivity contribution in [3.05, 3.63) is 106 Å². The van der Waals surface area contributed by atoms with E-state index in [0.717, 1.165) is 5.56 Å². The third-order valence-corrected chi connectivity index (χ3v) is 7.45. The minimum absolute atomic E-state index is 0.0199. The largest absolute Gasteiger partial charge is 0.353 e. The fraction of sp³-hybridized carbons (Fsp3) is 0.276. The molecule has 2 heterocycles. The van der Waals surface area contributed by atoms with E-state index in [1.165, 1.54) is 29.2 Å². The summed E-state index contributed by atoms with van der Waals surface area (Å²) in [6.45, 7) is 0.957. The minimum atomic E-state index is -1.07. The molecule has 1 spiro atoms. The van der Waals surface area contributed by atoms with Crippen LogP contribution in [0.1, 0.15) is 39.1 Å². The predicted octanol–water partition coefficient (Wildman–Crippen LogP) is 4.27. The monoisotopic (exact) mass is 535 g/mol. The molecule has 1 atom stereocenters. The van der Waals surface area contributed by atoms with E-state index in [4.69, 9.17) is 16.3 Å². The van der Waals surface area contributed by atoms with Gasteiger partial charge in [0.2, 0.25) is 5.91 Å². The Balaban J connectivity index is 1.37. The van der Waals surface area contributed by atoms with Gasteiger partial charge in [0.15, 0.2) is 0 Å². The lowest BCUT2D eigenvalue weighted by Gasteiger charge is -2.44. The molecular weight excluding hydrogens is 509 g/mol. The number of ether oxygens (including phenoxy) is 1. The number of nitrogens with one attached hydrogen (secondary N) is 1. The number of amides is 3. The third kappa shape index (κ3) is 5.14. The molecule has 3 aromatic carbocycles. The van der Waals surface area contributed by atoms with Crippen LogP contribution in [-0.4, -0.2) is 59.0 Å². The summed E-state index contributed by atoms with van der Waals surface area (Å²) in [4.78, 5) is 43.3. The number of carbonyl (C=O) groups excluding carboxylic acids is 3. The fourth-order valence-corrected chi connectivity index (χ4v) is 5.28. The van der Waals surface area contributed by atoms with Gasteiger partial charge in [-0.15, -0.1) is 0 Å². The number of nitrogens with zero attached hydrogens (tertiary/aromatic N) is 2. The average molecular weight is 536 g/mol. The first-order valence-corrected chi connectivity index (χ1v) is 12.8. The molecule has 0 aromatic heterocycles. The van der Waals surface area contributed by atoms with Gasteiger partial charge in [0.1, 0.15) is 17.6 Å². The second-order valence-electron chi connectivity index (χ2n) is 9.43. The lowest BCUT2D eigenvalue weighted by Crippen LogP contribution is -2.59. The highest BCUT2D eigenvalue weighted by atomic mass is 35.5. The smallest absolute Gasteiger partial charge is 0.256 e. The summed E-state index contributed by atoms with van der Waals surface area (Å²) in [5, 5.41) is 3.28. The molecule has 3 aromatic rings. The second kappa shape index (κ2) is 10.9. The standard InChI is InChI=1S/C29H27ClFN3O4/c30-24-9-5-4-8-23(24)28(37)33-16-14-29(15-17-33)34(27(36)21-10-12-22(31)13-11-21)25(19-38-29)26(35)32-18-20-6-2-1-3-7-20/h1-13,25H,14-19H2,(H,32,35). The molecule has 2 aliphatic rings. The average Bonchev–Trinajstić information content (AvgIpc) is 3.31. The van der Waals surface area contributed by atoms with Crippen LogP contribution in [0.4, 0.5) is 4.39 Å². The lowest BCUT2D eigenvalue weighted by molar-refractivity contribution is -0.128. The normalized spacial score (nSPS) is 18.4. The molecular formula is C29H27ClFN3O4. The first-order chi connectivity index (χ1) is 18.4. The van der Waals surface area contributed by atoms with Crippen molar-refractivity contribution in [2.45, 2.75) is 31.2 Å². The number of benzene rings is 3. The molecule has 2 saturated heterocycles. The third-order valence-electron chi connectivity index (χ3n) is 7.12. The Hall–Kier alpha value is -3.75. The van der Waals surface area contributed by atoms with Gasteiger partial charge in [0, 0.05) is 38.0 Å². The molecule has 1 N–H and O–H groups in total. The van der Waals surface area contributed by atoms with E-state index in [2.05, 4.69) is 5.32 Å². The summed E-state index contributed by atoms with van der Waals surface area (Å²) < 4.78 is 19.8. The lowest BCUT2D eigenvalue weighted by atomic mass is 9.96. The Morgan fingerprint density at radius 3 is 2.26 bits per heavy atom. The van der Waals surface area contributed by atoms with Crippen molar-refractivity contribution in [2.24, 2.45) is 0 Å². The zero-order chi connectivity index (χ0) is 26.7. The van der Waals surface area contributed by atoms with Crippen molar-refractivity contribution in [1.82, 2.24) is 15.1 Å². The zero-order valence-corrected chi connectivity index (χ0v) is 21.4. The van der Waals surface area contributed by atoms with E-state index in [0.29, 0.717) is 43.1 Å². The van der Waals surface area contributed by atoms with Crippen molar-refractivity contribution in [3.63, 3.8) is 0 Å². The van der Waals surface area contributed by atoms with Crippen LogP contribution >= 0.6 is 11.6 Å². The van der Waals surface area contributed by atoms with Gasteiger partial charge in [-0.2, -0.15) is 0 Å². The molecule has 2 aliphatic heterocycles. The number of likely N-dealkylation sites (tertiary alicyclic amines) is 1. The molecule has 2 fully saturated rings. The number of hydrogen-bond acceptors (Lipinski definition) is 4. The van der Waals surface area contributed by atoms with Crippen LogP contribution in [0.15, 0.2) is 78.9 Å². The van der Waals surface area contributed by atoms with Crippen LogP contribution in [0.3, 0.4) is 0 Å². The number of piperidine rings is 1. The number of halogens is 2. The molecule has 7 nitrogen and oxygen atoms in total. The highest BCUT2D eigenvalue weighted by Gasteiger charge is 2.54. The molecule has 0 radical (unpaired) electrons. The van der Waals surface area contributed by atoms with Gasteiger partial charge < -0.3 is 15.0 Å². The van der Waals surface area contributed by atoms with Gasteiger partial charge in [0.25, 0.3) is 11.8 Å². The maximum atomic E-state index is 13.7. The van der Waals surface area contributed by atoms with Gasteiger partial charge in [-0.3, -0.25) is 19.3 Å². The molecule has 38 heavy (non-hydrogen) atoms. The van der Waals surface area contributed by atoms with Crippen LogP contribution in [0.5, 0.6) is 0 Å². The van der Waals surface area contributed by atoms with E-state index < -0.39 is 23.5 Å². The van der Waals surface area contributed by atoms with E-state index in [1.54, 1.807) is 29.2 Å². The Morgan fingerprint density at radius 2 is 1.58 bits per heavy atom. The summed E-state index contributed by atoms with van der Waals surface area (Å²) in [7, 11) is 0. The van der Waals surface area contributed by atoms with E-state index in [-0.39, 0.29) is 24.0 Å². The molecule has 0 bridgehead atoms. The number of hydrogen-bond donors (Lipinski definition) is 1. The fourth-order valence-electron chi connectivity index (χ4n) is 5.07. The minimum Gasteiger partial charge on any atom is -0.353 e. The Morgan fingerprint density at radius 1 is 0.921 bits per heavy atom. The molecule has 0 aliphatic carbocycles. The van der Waals surface area contributed by atoms with E-state index >= 15 is 0 Å². The number of rotatable bonds is 5. The quantitative estimate of drug-likeness (QED) is 0.529. The summed E-state index contributed by atoms with van der Waals surface area (Å²) in [5.74, 6) is -1.42. The zero-order valence-electron chi connectivity index (χ0n) is 20.6. The first kappa shape index (κ1) is 25.9. The van der Waals surface area contributed by atoms with Crippen LogP contribution in [0, 0.1) is 5.82 Å². The maximum Gasteiger partial charge on any atom is 0.256 e. The van der Waals surface area contributed by atoms with Gasteiger partial charge in [-0.25, -0.2) is 4.39 Å². The summed E-state index contributed by atoms with van der Waals surface area (Å²) >= 11 is 6.23. The van der Waals surface area contributed by atoms with Crippen molar-refractivity contribution in [1.29, 1.82) is 0 Å². The van der Waals surface area contributed by atoms with Crippen LogP contribution < -0.4 is 5.32 Å². The van der Waals surface area contributed by atoms with Crippen LogP contribution in [0.25, 0.3) is 0 Å². The van der Waals surface area contributed by atoms with E-state index in [9.17, 15) is 18.8 Å². The molecule has 0 saturated carbocycles. The van der Waals surface area contributed by atoms with Crippen molar-refractivity contribution < 1.29 is 23.5 Å². The highest BCUT2D eigenvalue weighted by molar-refractivity contribution is 6.33. The highest BCUT2D eigenvalue weighted by Crippen LogP contribution is 2.39. The van der Waals surface area contributed by atoms with Gasteiger partial charge >= 0.3 is 0 Å². The Labute approximate surface area is 225 Å². The SMILES string of the molecule is O=C(NCc1ccccc1)C1COC2(CCN(C(=O)c3ccccc3Cl)CC2)N1C(=O)c1ccc(F)cc1. The molecule has 3 amide bonds.